The van der Waals surface area contributed by atoms with E-state index in [0.29, 0.717) is 6.42 Å². The first kappa shape index (κ1) is 39.6. The summed E-state index contributed by atoms with van der Waals surface area (Å²) in [6.07, 6.45) is 42.3. The molecule has 1 amide bonds. The maximum absolute atomic E-state index is 12.3. The van der Waals surface area contributed by atoms with Gasteiger partial charge < -0.3 is 15.5 Å². The number of hydrogen-bond acceptors (Lipinski definition) is 3. The molecule has 0 aliphatic carbocycles. The van der Waals surface area contributed by atoms with Gasteiger partial charge in [-0.25, -0.2) is 0 Å². The van der Waals surface area contributed by atoms with Crippen LogP contribution in [-0.2, 0) is 4.79 Å². The summed E-state index contributed by atoms with van der Waals surface area (Å²) in [5.74, 6) is -0.0795. The highest BCUT2D eigenvalue weighted by molar-refractivity contribution is 5.76. The highest BCUT2D eigenvalue weighted by Crippen LogP contribution is 2.14. The van der Waals surface area contributed by atoms with Crippen molar-refractivity contribution in [3.8, 4) is 0 Å². The Morgan fingerprint density at radius 3 is 1.39 bits per heavy atom. The predicted octanol–water partition coefficient (Wildman–Crippen LogP) is 10.3. The number of hydrogen-bond donors (Lipinski definition) is 3. The zero-order chi connectivity index (χ0) is 30.1. The molecule has 2 atom stereocenters. The number of amides is 1. The van der Waals surface area contributed by atoms with E-state index in [2.05, 4.69) is 43.5 Å². The number of carbonyl (C=O) groups is 1. The summed E-state index contributed by atoms with van der Waals surface area (Å²) in [5.41, 5.74) is 0. The molecule has 0 saturated carbocycles. The third kappa shape index (κ3) is 29.9. The molecule has 3 N–H and O–H groups in total. The Morgan fingerprint density at radius 1 is 0.561 bits per heavy atom. The molecule has 0 radical (unpaired) electrons. The second-order valence-electron chi connectivity index (χ2n) is 11.9. The van der Waals surface area contributed by atoms with Gasteiger partial charge in [-0.3, -0.25) is 4.79 Å². The number of allylic oxidation sites excluding steroid dienone is 5. The molecule has 0 aromatic rings. The highest BCUT2D eigenvalue weighted by atomic mass is 16.3. The minimum Gasteiger partial charge on any atom is -0.394 e. The van der Waals surface area contributed by atoms with E-state index < -0.39 is 12.1 Å². The molecule has 0 heterocycles. The minimum absolute atomic E-state index is 0.0795. The van der Waals surface area contributed by atoms with Crippen molar-refractivity contribution in [2.75, 3.05) is 6.61 Å². The quantitative estimate of drug-likeness (QED) is 0.0569. The van der Waals surface area contributed by atoms with Crippen LogP contribution in [0.3, 0.4) is 0 Å². The summed E-state index contributed by atoms with van der Waals surface area (Å²) in [7, 11) is 0. The lowest BCUT2D eigenvalue weighted by molar-refractivity contribution is -0.123. The summed E-state index contributed by atoms with van der Waals surface area (Å²) >= 11 is 0. The van der Waals surface area contributed by atoms with Crippen LogP contribution in [0, 0.1) is 0 Å². The van der Waals surface area contributed by atoms with Crippen molar-refractivity contribution >= 4 is 5.91 Å². The Hall–Kier alpha value is -1.39. The molecule has 2 unspecified atom stereocenters. The van der Waals surface area contributed by atoms with Crippen LogP contribution in [0.1, 0.15) is 174 Å². The summed E-state index contributed by atoms with van der Waals surface area (Å²) in [6.45, 7) is 4.23. The zero-order valence-corrected chi connectivity index (χ0v) is 27.3. The Balaban J connectivity index is 3.65. The first-order valence-electron chi connectivity index (χ1n) is 17.7. The Morgan fingerprint density at radius 2 is 0.951 bits per heavy atom. The van der Waals surface area contributed by atoms with Crippen LogP contribution in [-0.4, -0.2) is 34.9 Å². The van der Waals surface area contributed by atoms with Gasteiger partial charge in [0.2, 0.25) is 5.91 Å². The molecule has 0 aromatic carbocycles. The van der Waals surface area contributed by atoms with Gasteiger partial charge in [0, 0.05) is 6.42 Å². The van der Waals surface area contributed by atoms with Gasteiger partial charge in [0.15, 0.2) is 0 Å². The number of aliphatic hydroxyl groups excluding tert-OH is 2. The van der Waals surface area contributed by atoms with Crippen LogP contribution in [0.25, 0.3) is 0 Å². The van der Waals surface area contributed by atoms with Crippen LogP contribution in [0.5, 0.6) is 0 Å². The Labute approximate surface area is 255 Å². The first-order valence-corrected chi connectivity index (χ1v) is 17.7. The van der Waals surface area contributed by atoms with Crippen molar-refractivity contribution in [2.24, 2.45) is 0 Å². The predicted molar refractivity (Wildman–Crippen MR) is 179 cm³/mol. The summed E-state index contributed by atoms with van der Waals surface area (Å²) in [4.78, 5) is 12.3. The van der Waals surface area contributed by atoms with Crippen LogP contribution in [0.4, 0.5) is 0 Å². The molecule has 0 bridgehead atoms. The fourth-order valence-corrected chi connectivity index (χ4v) is 5.08. The van der Waals surface area contributed by atoms with E-state index >= 15 is 0 Å². The third-order valence-corrected chi connectivity index (χ3v) is 7.85. The fraction of sp³-hybridized carbons (Fsp3) is 0.811. The van der Waals surface area contributed by atoms with Crippen LogP contribution in [0.15, 0.2) is 36.5 Å². The SMILES string of the molecule is CCCC/C=C/CC/C=C/CC/C=C/C(O)C(CO)NC(=O)CCCCCCCCCCCCCCCCCCC. The van der Waals surface area contributed by atoms with E-state index in [-0.39, 0.29) is 12.5 Å². The smallest absolute Gasteiger partial charge is 0.220 e. The number of nitrogens with one attached hydrogen (secondary N) is 1. The van der Waals surface area contributed by atoms with E-state index in [1.54, 1.807) is 6.08 Å². The van der Waals surface area contributed by atoms with E-state index in [1.165, 1.54) is 116 Å². The largest absolute Gasteiger partial charge is 0.394 e. The molecule has 0 aliphatic rings. The topological polar surface area (TPSA) is 69.6 Å². The van der Waals surface area contributed by atoms with Crippen molar-refractivity contribution in [1.29, 1.82) is 0 Å². The van der Waals surface area contributed by atoms with Gasteiger partial charge >= 0.3 is 0 Å². The van der Waals surface area contributed by atoms with Crippen LogP contribution >= 0.6 is 0 Å². The molecule has 0 rings (SSSR count). The van der Waals surface area contributed by atoms with E-state index in [0.717, 1.165) is 38.5 Å². The third-order valence-electron chi connectivity index (χ3n) is 7.85. The molecule has 240 valence electrons. The van der Waals surface area contributed by atoms with Crippen molar-refractivity contribution in [3.63, 3.8) is 0 Å². The minimum atomic E-state index is -0.864. The molecular formula is C37H69NO3. The molecule has 4 nitrogen and oxygen atoms in total. The van der Waals surface area contributed by atoms with Gasteiger partial charge in [0.1, 0.15) is 0 Å². The summed E-state index contributed by atoms with van der Waals surface area (Å²) in [5, 5.41) is 22.8. The van der Waals surface area contributed by atoms with E-state index in [1.807, 2.05) is 6.08 Å². The van der Waals surface area contributed by atoms with Crippen molar-refractivity contribution < 1.29 is 15.0 Å². The van der Waals surface area contributed by atoms with Crippen molar-refractivity contribution in [1.82, 2.24) is 5.32 Å². The van der Waals surface area contributed by atoms with Gasteiger partial charge in [-0.05, 0) is 38.5 Å². The first-order chi connectivity index (χ1) is 20.2. The number of rotatable bonds is 31. The lowest BCUT2D eigenvalue weighted by Gasteiger charge is -2.19. The molecule has 0 spiro atoms. The Bertz CT molecular complexity index is 628. The molecular weight excluding hydrogens is 506 g/mol. The van der Waals surface area contributed by atoms with Gasteiger partial charge in [-0.15, -0.1) is 0 Å². The Kier molecular flexibility index (Phi) is 32.0. The molecule has 41 heavy (non-hydrogen) atoms. The maximum atomic E-state index is 12.3. The fourth-order valence-electron chi connectivity index (χ4n) is 5.08. The molecule has 0 aliphatic heterocycles. The van der Waals surface area contributed by atoms with Gasteiger partial charge in [-0.2, -0.15) is 0 Å². The van der Waals surface area contributed by atoms with E-state index in [4.69, 9.17) is 0 Å². The average molecular weight is 576 g/mol. The number of aliphatic hydroxyl groups is 2. The van der Waals surface area contributed by atoms with Gasteiger partial charge in [0.05, 0.1) is 18.8 Å². The molecule has 0 saturated heterocycles. The van der Waals surface area contributed by atoms with Gasteiger partial charge in [-0.1, -0.05) is 166 Å². The zero-order valence-electron chi connectivity index (χ0n) is 27.3. The average Bonchev–Trinajstić information content (AvgIpc) is 2.97. The standard InChI is InChI=1S/C37H69NO3/c1-3-5-7-9-11-13-15-17-18-19-20-21-23-25-27-29-31-33-37(41)38-35(34-39)36(40)32-30-28-26-24-22-16-14-12-10-8-6-4-2/h10,12,22,24,30,32,35-36,39-40H,3-9,11,13-21,23,25-29,31,33-34H2,1-2H3,(H,38,41)/b12-10+,24-22+,32-30+. The molecule has 0 fully saturated rings. The van der Waals surface area contributed by atoms with E-state index in [9.17, 15) is 15.0 Å². The van der Waals surface area contributed by atoms with Gasteiger partial charge in [0.25, 0.3) is 0 Å². The lowest BCUT2D eigenvalue weighted by Crippen LogP contribution is -2.45. The monoisotopic (exact) mass is 576 g/mol. The molecule has 4 heteroatoms. The maximum Gasteiger partial charge on any atom is 0.220 e. The normalized spacial score (nSPS) is 13.6. The van der Waals surface area contributed by atoms with Crippen molar-refractivity contribution in [3.05, 3.63) is 36.5 Å². The molecule has 0 aromatic heterocycles. The lowest BCUT2D eigenvalue weighted by atomic mass is 10.0. The number of carbonyl (C=O) groups excluding carboxylic acids is 1. The second-order valence-corrected chi connectivity index (χ2v) is 11.9. The summed E-state index contributed by atoms with van der Waals surface area (Å²) in [6, 6.07) is -0.639. The highest BCUT2D eigenvalue weighted by Gasteiger charge is 2.17. The summed E-state index contributed by atoms with van der Waals surface area (Å²) < 4.78 is 0. The number of unbranched alkanes of at least 4 members (excludes halogenated alkanes) is 20. The van der Waals surface area contributed by atoms with Crippen molar-refractivity contribution in [2.45, 2.75) is 187 Å². The second kappa shape index (κ2) is 33.1. The van der Waals surface area contributed by atoms with Crippen LogP contribution < -0.4 is 5.32 Å². The van der Waals surface area contributed by atoms with Crippen LogP contribution in [0.2, 0.25) is 0 Å².